The molecule has 1 unspecified atom stereocenters. The van der Waals surface area contributed by atoms with Crippen molar-refractivity contribution in [1.82, 2.24) is 10.2 Å². The lowest BCUT2D eigenvalue weighted by Gasteiger charge is -2.30. The van der Waals surface area contributed by atoms with Crippen molar-refractivity contribution in [2.45, 2.75) is 38.9 Å². The molecule has 162 valence electrons. The van der Waals surface area contributed by atoms with Gasteiger partial charge in [-0.3, -0.25) is 9.59 Å². The molecule has 1 heterocycles. The molecule has 1 aliphatic rings. The third kappa shape index (κ3) is 4.50. The molecule has 0 fully saturated rings. The smallest absolute Gasteiger partial charge is 0.256 e. The molecule has 0 saturated carbocycles. The normalized spacial score (nSPS) is 16.4. The van der Waals surface area contributed by atoms with Crippen LogP contribution in [0.15, 0.2) is 91.0 Å². The molecule has 1 atom stereocenters. The zero-order valence-corrected chi connectivity index (χ0v) is 18.7. The van der Waals surface area contributed by atoms with Gasteiger partial charge in [-0.1, -0.05) is 91.0 Å². The molecule has 0 aromatic heterocycles. The Bertz CT molecular complexity index is 1130. The Kier molecular flexibility index (Phi) is 5.95. The third-order valence-electron chi connectivity index (χ3n) is 5.42. The number of benzene rings is 3. The average Bonchev–Trinajstić information content (AvgIpc) is 3.07. The summed E-state index contributed by atoms with van der Waals surface area (Å²) in [6, 6.07) is 28.5. The second-order valence-electron chi connectivity index (χ2n) is 9.08. The molecular formula is C28H28N2O2. The van der Waals surface area contributed by atoms with E-state index in [1.165, 1.54) is 0 Å². The highest BCUT2D eigenvalue weighted by Crippen LogP contribution is 2.40. The number of rotatable bonds is 5. The van der Waals surface area contributed by atoms with Gasteiger partial charge in [0.15, 0.2) is 0 Å². The molecule has 3 aromatic rings. The summed E-state index contributed by atoms with van der Waals surface area (Å²) in [7, 11) is 0. The van der Waals surface area contributed by atoms with Crippen LogP contribution in [0, 0.1) is 0 Å². The van der Waals surface area contributed by atoms with Crippen LogP contribution in [0.4, 0.5) is 0 Å². The lowest BCUT2D eigenvalue weighted by molar-refractivity contribution is -0.134. The average molecular weight is 425 g/mol. The van der Waals surface area contributed by atoms with E-state index in [2.05, 4.69) is 5.32 Å². The Labute approximate surface area is 189 Å². The Balaban J connectivity index is 1.89. The first-order chi connectivity index (χ1) is 15.3. The molecule has 0 saturated heterocycles. The highest BCUT2D eigenvalue weighted by molar-refractivity contribution is 6.33. The topological polar surface area (TPSA) is 49.4 Å². The zero-order valence-electron chi connectivity index (χ0n) is 18.7. The van der Waals surface area contributed by atoms with Crippen LogP contribution in [0.5, 0.6) is 0 Å². The summed E-state index contributed by atoms with van der Waals surface area (Å²) in [4.78, 5) is 29.2. The molecule has 2 amide bonds. The van der Waals surface area contributed by atoms with E-state index in [-0.39, 0.29) is 11.8 Å². The summed E-state index contributed by atoms with van der Waals surface area (Å²) >= 11 is 0. The second-order valence-corrected chi connectivity index (χ2v) is 9.08. The maximum Gasteiger partial charge on any atom is 0.256 e. The van der Waals surface area contributed by atoms with Crippen LogP contribution in [-0.2, 0) is 16.1 Å². The van der Waals surface area contributed by atoms with Crippen molar-refractivity contribution in [1.29, 1.82) is 0 Å². The van der Waals surface area contributed by atoms with Gasteiger partial charge in [0, 0.05) is 17.7 Å². The minimum Gasteiger partial charge on any atom is -0.349 e. The van der Waals surface area contributed by atoms with Crippen molar-refractivity contribution in [3.05, 3.63) is 108 Å². The lowest BCUT2D eigenvalue weighted by atomic mass is 9.92. The third-order valence-corrected chi connectivity index (χ3v) is 5.42. The Hall–Kier alpha value is -3.66. The number of hydrogen-bond acceptors (Lipinski definition) is 2. The molecule has 1 aliphatic heterocycles. The van der Waals surface area contributed by atoms with E-state index >= 15 is 0 Å². The number of amides is 2. The minimum absolute atomic E-state index is 0.132. The number of carbonyl (C=O) groups is 2. The van der Waals surface area contributed by atoms with Crippen LogP contribution in [0.3, 0.4) is 0 Å². The molecule has 32 heavy (non-hydrogen) atoms. The summed E-state index contributed by atoms with van der Waals surface area (Å²) in [5, 5.41) is 3.10. The molecule has 0 aliphatic carbocycles. The fourth-order valence-electron chi connectivity index (χ4n) is 4.13. The first-order valence-corrected chi connectivity index (χ1v) is 10.9. The summed E-state index contributed by atoms with van der Waals surface area (Å²) in [5.74, 6) is -0.306. The van der Waals surface area contributed by atoms with Crippen molar-refractivity contribution in [2.75, 3.05) is 0 Å². The SMILES string of the molecule is CC(C)(C)NC(=O)C1C(c2ccccc2)=C(c2ccccc2)C(=O)N1Cc1ccccc1. The van der Waals surface area contributed by atoms with Crippen LogP contribution in [0.1, 0.15) is 37.5 Å². The van der Waals surface area contributed by atoms with E-state index in [1.54, 1.807) is 4.90 Å². The Morgan fingerprint density at radius 3 is 1.84 bits per heavy atom. The van der Waals surface area contributed by atoms with E-state index in [0.717, 1.165) is 22.3 Å². The van der Waals surface area contributed by atoms with Gasteiger partial charge in [-0.05, 0) is 37.5 Å². The van der Waals surface area contributed by atoms with E-state index < -0.39 is 11.6 Å². The van der Waals surface area contributed by atoms with Crippen molar-refractivity contribution in [2.24, 2.45) is 0 Å². The maximum absolute atomic E-state index is 13.9. The highest BCUT2D eigenvalue weighted by Gasteiger charge is 2.44. The first-order valence-electron chi connectivity index (χ1n) is 10.9. The monoisotopic (exact) mass is 424 g/mol. The van der Waals surface area contributed by atoms with Crippen molar-refractivity contribution in [3.8, 4) is 0 Å². The van der Waals surface area contributed by atoms with E-state index in [4.69, 9.17) is 0 Å². The zero-order chi connectivity index (χ0) is 22.7. The van der Waals surface area contributed by atoms with Gasteiger partial charge in [0.25, 0.3) is 5.91 Å². The van der Waals surface area contributed by atoms with Crippen molar-refractivity contribution in [3.63, 3.8) is 0 Å². The molecule has 1 N–H and O–H groups in total. The van der Waals surface area contributed by atoms with E-state index in [9.17, 15) is 9.59 Å². The molecule has 0 spiro atoms. The fraction of sp³-hybridized carbons (Fsp3) is 0.214. The summed E-state index contributed by atoms with van der Waals surface area (Å²) in [6.07, 6.45) is 0. The molecule has 0 bridgehead atoms. The highest BCUT2D eigenvalue weighted by atomic mass is 16.2. The summed E-state index contributed by atoms with van der Waals surface area (Å²) in [5.41, 5.74) is 3.60. The van der Waals surface area contributed by atoms with Crippen LogP contribution in [0.25, 0.3) is 11.1 Å². The molecule has 4 nitrogen and oxygen atoms in total. The fourth-order valence-corrected chi connectivity index (χ4v) is 4.13. The number of nitrogens with one attached hydrogen (secondary N) is 1. The van der Waals surface area contributed by atoms with Gasteiger partial charge >= 0.3 is 0 Å². The van der Waals surface area contributed by atoms with Gasteiger partial charge in [0.05, 0.1) is 5.57 Å². The maximum atomic E-state index is 13.9. The minimum atomic E-state index is -0.723. The second kappa shape index (κ2) is 8.83. The van der Waals surface area contributed by atoms with Gasteiger partial charge in [0.1, 0.15) is 6.04 Å². The van der Waals surface area contributed by atoms with E-state index in [1.807, 2.05) is 112 Å². The quantitative estimate of drug-likeness (QED) is 0.632. The van der Waals surface area contributed by atoms with Gasteiger partial charge in [-0.15, -0.1) is 0 Å². The molecule has 4 heteroatoms. The summed E-state index contributed by atoms with van der Waals surface area (Å²) < 4.78 is 0. The largest absolute Gasteiger partial charge is 0.349 e. The van der Waals surface area contributed by atoms with Crippen LogP contribution >= 0.6 is 0 Å². The van der Waals surface area contributed by atoms with Gasteiger partial charge in [0.2, 0.25) is 5.91 Å². The number of nitrogens with zero attached hydrogens (tertiary/aromatic N) is 1. The van der Waals surface area contributed by atoms with Gasteiger partial charge in [-0.25, -0.2) is 0 Å². The lowest BCUT2D eigenvalue weighted by Crippen LogP contribution is -2.51. The van der Waals surface area contributed by atoms with Crippen LogP contribution < -0.4 is 5.32 Å². The van der Waals surface area contributed by atoms with Crippen molar-refractivity contribution < 1.29 is 9.59 Å². The molecular weight excluding hydrogens is 396 g/mol. The standard InChI is InChI=1S/C28H28N2O2/c1-28(2,3)29-26(31)25-23(21-15-9-5-10-16-21)24(22-17-11-6-12-18-22)27(32)30(25)19-20-13-7-4-8-14-20/h4-18,25H,19H2,1-3H3,(H,29,31). The van der Waals surface area contributed by atoms with Crippen LogP contribution in [-0.4, -0.2) is 28.3 Å². The Morgan fingerprint density at radius 1 is 0.812 bits per heavy atom. The number of hydrogen-bond donors (Lipinski definition) is 1. The molecule has 0 radical (unpaired) electrons. The van der Waals surface area contributed by atoms with E-state index in [0.29, 0.717) is 12.1 Å². The first kappa shape index (κ1) is 21.6. The molecule has 3 aromatic carbocycles. The number of carbonyl (C=O) groups excluding carboxylic acids is 2. The van der Waals surface area contributed by atoms with Gasteiger partial charge in [-0.2, -0.15) is 0 Å². The summed E-state index contributed by atoms with van der Waals surface area (Å²) in [6.45, 7) is 6.21. The predicted octanol–water partition coefficient (Wildman–Crippen LogP) is 4.92. The predicted molar refractivity (Wildman–Crippen MR) is 128 cm³/mol. The van der Waals surface area contributed by atoms with Crippen molar-refractivity contribution >= 4 is 23.0 Å². The molecule has 4 rings (SSSR count). The Morgan fingerprint density at radius 2 is 1.31 bits per heavy atom. The van der Waals surface area contributed by atoms with Gasteiger partial charge < -0.3 is 10.2 Å². The van der Waals surface area contributed by atoms with Crippen LogP contribution in [0.2, 0.25) is 0 Å².